The Kier molecular flexibility index (Phi) is 6.51. The number of carbonyl (C=O) groups is 2. The van der Waals surface area contributed by atoms with Gasteiger partial charge in [-0.1, -0.05) is 30.3 Å². The molecule has 0 bridgehead atoms. The highest BCUT2D eigenvalue weighted by atomic mass is 32.1. The minimum Gasteiger partial charge on any atom is -0.473 e. The van der Waals surface area contributed by atoms with E-state index in [-0.39, 0.29) is 0 Å². The maximum Gasteiger partial charge on any atom is 0.414 e. The normalized spacial score (nSPS) is 9.86. The molecule has 0 amide bonds. The first kappa shape index (κ1) is 16.8. The van der Waals surface area contributed by atoms with Crippen LogP contribution in [0, 0.1) is 0 Å². The number of aromatic nitrogens is 1. The largest absolute Gasteiger partial charge is 0.473 e. The molecule has 0 fully saturated rings. The molecule has 2 N–H and O–H groups in total. The van der Waals surface area contributed by atoms with Gasteiger partial charge in [-0.15, -0.1) is 11.3 Å². The second-order valence-electron chi connectivity index (χ2n) is 4.34. The molecule has 0 saturated carbocycles. The average Bonchev–Trinajstić information content (AvgIpc) is 2.88. The second-order valence-corrected chi connectivity index (χ2v) is 5.28. The molecular formula is C14H16N2O4S. The number of rotatable bonds is 3. The van der Waals surface area contributed by atoms with Crippen LogP contribution in [-0.2, 0) is 16.1 Å². The summed E-state index contributed by atoms with van der Waals surface area (Å²) >= 11 is 1.72. The molecule has 7 heteroatoms. The molecule has 1 aromatic heterocycles. The quantitative estimate of drug-likeness (QED) is 0.843. The number of hydrogen-bond acceptors (Lipinski definition) is 5. The number of aliphatic carboxylic acids is 2. The van der Waals surface area contributed by atoms with Crippen molar-refractivity contribution in [3.63, 3.8) is 0 Å². The van der Waals surface area contributed by atoms with Crippen LogP contribution in [0.5, 0.6) is 0 Å². The van der Waals surface area contributed by atoms with Gasteiger partial charge in [-0.05, 0) is 14.1 Å². The summed E-state index contributed by atoms with van der Waals surface area (Å²) in [4.78, 5) is 24.9. The van der Waals surface area contributed by atoms with Crippen LogP contribution in [-0.4, -0.2) is 46.1 Å². The van der Waals surface area contributed by atoms with Crippen LogP contribution in [0.2, 0.25) is 0 Å². The van der Waals surface area contributed by atoms with Crippen molar-refractivity contribution in [3.05, 3.63) is 40.7 Å². The molecule has 0 unspecified atom stereocenters. The van der Waals surface area contributed by atoms with Crippen LogP contribution in [0.4, 0.5) is 0 Å². The lowest BCUT2D eigenvalue weighted by Gasteiger charge is -2.04. The fourth-order valence-electron chi connectivity index (χ4n) is 1.40. The standard InChI is InChI=1S/C12H14N2S.C2H2O4/c1-14(2)8-12-13-11(9-15-12)10-6-4-3-5-7-10;3-1(4)2(5)6/h3-7,9H,8H2,1-2H3;(H,3,4)(H,5,6). The van der Waals surface area contributed by atoms with Crippen LogP contribution in [0.3, 0.4) is 0 Å². The third-order valence-electron chi connectivity index (χ3n) is 2.26. The van der Waals surface area contributed by atoms with Gasteiger partial charge in [0.2, 0.25) is 0 Å². The molecule has 6 nitrogen and oxygen atoms in total. The molecule has 0 aliphatic rings. The van der Waals surface area contributed by atoms with Crippen molar-refractivity contribution in [2.45, 2.75) is 6.54 Å². The zero-order valence-corrected chi connectivity index (χ0v) is 12.5. The maximum absolute atomic E-state index is 9.10. The van der Waals surface area contributed by atoms with Gasteiger partial charge in [0.05, 0.1) is 5.69 Å². The molecule has 0 spiro atoms. The SMILES string of the molecule is CN(C)Cc1nc(-c2ccccc2)cs1.O=C(O)C(=O)O. The third-order valence-corrected chi connectivity index (χ3v) is 3.09. The van der Waals surface area contributed by atoms with Crippen LogP contribution in [0.15, 0.2) is 35.7 Å². The maximum atomic E-state index is 9.10. The van der Waals surface area contributed by atoms with Crippen molar-refractivity contribution in [2.75, 3.05) is 14.1 Å². The molecule has 2 rings (SSSR count). The number of benzene rings is 1. The smallest absolute Gasteiger partial charge is 0.414 e. The van der Waals surface area contributed by atoms with Crippen LogP contribution in [0.1, 0.15) is 5.01 Å². The van der Waals surface area contributed by atoms with Crippen molar-refractivity contribution in [1.82, 2.24) is 9.88 Å². The van der Waals surface area contributed by atoms with Crippen LogP contribution >= 0.6 is 11.3 Å². The van der Waals surface area contributed by atoms with E-state index in [0.717, 1.165) is 12.2 Å². The van der Waals surface area contributed by atoms with Crippen LogP contribution in [0.25, 0.3) is 11.3 Å². The molecule has 0 aliphatic carbocycles. The molecule has 21 heavy (non-hydrogen) atoms. The fourth-order valence-corrected chi connectivity index (χ4v) is 2.32. The van der Waals surface area contributed by atoms with Crippen molar-refractivity contribution >= 4 is 23.3 Å². The molecule has 1 aromatic carbocycles. The zero-order chi connectivity index (χ0) is 15.8. The highest BCUT2D eigenvalue weighted by Crippen LogP contribution is 2.21. The van der Waals surface area contributed by atoms with Gasteiger partial charge in [-0.3, -0.25) is 0 Å². The second kappa shape index (κ2) is 8.13. The summed E-state index contributed by atoms with van der Waals surface area (Å²) < 4.78 is 0. The fraction of sp³-hybridized carbons (Fsp3) is 0.214. The minimum absolute atomic E-state index is 0.914. The minimum atomic E-state index is -1.82. The van der Waals surface area contributed by atoms with Crippen molar-refractivity contribution in [3.8, 4) is 11.3 Å². The Hall–Kier alpha value is -2.25. The van der Waals surface area contributed by atoms with E-state index in [4.69, 9.17) is 19.8 Å². The Morgan fingerprint density at radius 1 is 1.14 bits per heavy atom. The van der Waals surface area contributed by atoms with E-state index in [2.05, 4.69) is 41.5 Å². The third kappa shape index (κ3) is 6.15. The van der Waals surface area contributed by atoms with Crippen molar-refractivity contribution < 1.29 is 19.8 Å². The van der Waals surface area contributed by atoms with E-state index in [9.17, 15) is 0 Å². The summed E-state index contributed by atoms with van der Waals surface area (Å²) in [5, 5.41) is 18.1. The van der Waals surface area contributed by atoms with E-state index < -0.39 is 11.9 Å². The van der Waals surface area contributed by atoms with E-state index >= 15 is 0 Å². The molecule has 2 aromatic rings. The molecule has 1 heterocycles. The van der Waals surface area contributed by atoms with E-state index in [1.165, 1.54) is 10.6 Å². The lowest BCUT2D eigenvalue weighted by atomic mass is 10.2. The van der Waals surface area contributed by atoms with Gasteiger partial charge in [0.15, 0.2) is 0 Å². The zero-order valence-electron chi connectivity index (χ0n) is 11.7. The first-order valence-corrected chi connectivity index (χ1v) is 6.89. The average molecular weight is 308 g/mol. The van der Waals surface area contributed by atoms with Crippen molar-refractivity contribution in [1.29, 1.82) is 0 Å². The molecule has 0 radical (unpaired) electrons. The Morgan fingerprint density at radius 3 is 2.19 bits per heavy atom. The van der Waals surface area contributed by atoms with Crippen molar-refractivity contribution in [2.24, 2.45) is 0 Å². The van der Waals surface area contributed by atoms with Gasteiger partial charge in [0.25, 0.3) is 0 Å². The lowest BCUT2D eigenvalue weighted by Crippen LogP contribution is -2.10. The van der Waals surface area contributed by atoms with E-state index in [1.807, 2.05) is 18.2 Å². The monoisotopic (exact) mass is 308 g/mol. The first-order valence-electron chi connectivity index (χ1n) is 6.01. The molecule has 0 saturated heterocycles. The van der Waals surface area contributed by atoms with Crippen LogP contribution < -0.4 is 0 Å². The van der Waals surface area contributed by atoms with Gasteiger partial charge < -0.3 is 15.1 Å². The van der Waals surface area contributed by atoms with E-state index in [0.29, 0.717) is 0 Å². The molecular weight excluding hydrogens is 292 g/mol. The lowest BCUT2D eigenvalue weighted by molar-refractivity contribution is -0.159. The van der Waals surface area contributed by atoms with Gasteiger partial charge in [-0.2, -0.15) is 0 Å². The summed E-state index contributed by atoms with van der Waals surface area (Å²) in [7, 11) is 4.12. The van der Waals surface area contributed by atoms with Gasteiger partial charge >= 0.3 is 11.9 Å². The Balaban J connectivity index is 0.000000315. The van der Waals surface area contributed by atoms with E-state index in [1.54, 1.807) is 11.3 Å². The highest BCUT2D eigenvalue weighted by Gasteiger charge is 2.04. The first-order chi connectivity index (χ1) is 9.90. The highest BCUT2D eigenvalue weighted by molar-refractivity contribution is 7.09. The molecule has 112 valence electrons. The Labute approximate surface area is 126 Å². The summed E-state index contributed by atoms with van der Waals surface area (Å²) in [5.74, 6) is -3.65. The van der Waals surface area contributed by atoms with Gasteiger partial charge in [-0.25, -0.2) is 14.6 Å². The summed E-state index contributed by atoms with van der Waals surface area (Å²) in [6.07, 6.45) is 0. The predicted molar refractivity (Wildman–Crippen MR) is 80.2 cm³/mol. The summed E-state index contributed by atoms with van der Waals surface area (Å²) in [6, 6.07) is 10.3. The summed E-state index contributed by atoms with van der Waals surface area (Å²) in [6.45, 7) is 0.914. The topological polar surface area (TPSA) is 90.7 Å². The number of carboxylic acids is 2. The number of carboxylic acid groups (broad SMARTS) is 2. The van der Waals surface area contributed by atoms with Gasteiger partial charge in [0.1, 0.15) is 5.01 Å². The molecule has 0 aliphatic heterocycles. The summed E-state index contributed by atoms with van der Waals surface area (Å²) in [5.41, 5.74) is 2.27. The number of nitrogens with zero attached hydrogens (tertiary/aromatic N) is 2. The number of hydrogen-bond donors (Lipinski definition) is 2. The number of thiazole rings is 1. The Morgan fingerprint density at radius 2 is 1.71 bits per heavy atom. The molecule has 0 atom stereocenters. The van der Waals surface area contributed by atoms with Gasteiger partial charge in [0, 0.05) is 17.5 Å². The Bertz CT molecular complexity index is 584. The predicted octanol–water partition coefficient (Wildman–Crippen LogP) is 2.03.